The minimum Gasteiger partial charge on any atom is -0.484 e. The van der Waals surface area contributed by atoms with E-state index in [0.717, 1.165) is 0 Å². The fraction of sp³-hybridized carbons (Fsp3) is 0.273. The fourth-order valence-corrected chi connectivity index (χ4v) is 1.15. The Hall–Kier alpha value is -2.44. The lowest BCUT2D eigenvalue weighted by atomic mass is 10.3. The lowest BCUT2D eigenvalue weighted by Crippen LogP contribution is -2.38. The molecule has 6 N–H and O–H groups in total. The molecule has 0 aromatic heterocycles. The molecule has 0 radical (unpaired) electrons. The summed E-state index contributed by atoms with van der Waals surface area (Å²) in [5, 5.41) is 4.91. The second kappa shape index (κ2) is 7.00. The van der Waals surface area contributed by atoms with Gasteiger partial charge in [-0.05, 0) is 24.3 Å². The summed E-state index contributed by atoms with van der Waals surface area (Å²) in [7, 11) is 0. The quantitative estimate of drug-likeness (QED) is 0.400. The SMILES string of the molecule is NC(=O)NCCNC(=O)COc1ccc(N)cc1. The van der Waals surface area contributed by atoms with Crippen LogP contribution < -0.4 is 26.8 Å². The zero-order valence-corrected chi connectivity index (χ0v) is 9.81. The van der Waals surface area contributed by atoms with Gasteiger partial charge in [0.25, 0.3) is 5.91 Å². The Morgan fingerprint density at radius 1 is 1.11 bits per heavy atom. The van der Waals surface area contributed by atoms with Crippen LogP contribution in [0.5, 0.6) is 5.75 Å². The third kappa shape index (κ3) is 5.59. The van der Waals surface area contributed by atoms with E-state index in [4.69, 9.17) is 16.2 Å². The zero-order valence-electron chi connectivity index (χ0n) is 9.81. The number of benzene rings is 1. The highest BCUT2D eigenvalue weighted by atomic mass is 16.5. The van der Waals surface area contributed by atoms with Crippen molar-refractivity contribution in [2.24, 2.45) is 5.73 Å². The van der Waals surface area contributed by atoms with Crippen LogP contribution in [0.1, 0.15) is 0 Å². The van der Waals surface area contributed by atoms with Crippen LogP contribution in [-0.4, -0.2) is 31.6 Å². The first-order valence-electron chi connectivity index (χ1n) is 5.36. The third-order valence-electron chi connectivity index (χ3n) is 2.00. The number of rotatable bonds is 6. The van der Waals surface area contributed by atoms with Crippen LogP contribution >= 0.6 is 0 Å². The van der Waals surface area contributed by atoms with Gasteiger partial charge in [0.15, 0.2) is 6.61 Å². The molecule has 18 heavy (non-hydrogen) atoms. The second-order valence-corrected chi connectivity index (χ2v) is 3.50. The van der Waals surface area contributed by atoms with E-state index in [2.05, 4.69) is 10.6 Å². The van der Waals surface area contributed by atoms with Gasteiger partial charge in [-0.25, -0.2) is 4.79 Å². The summed E-state index contributed by atoms with van der Waals surface area (Å²) in [6, 6.07) is 6.10. The Bertz CT molecular complexity index is 405. The molecule has 0 fully saturated rings. The minimum atomic E-state index is -0.623. The van der Waals surface area contributed by atoms with Crippen molar-refractivity contribution in [3.05, 3.63) is 24.3 Å². The minimum absolute atomic E-state index is 0.0967. The number of nitrogens with two attached hydrogens (primary N) is 2. The predicted molar refractivity (Wildman–Crippen MR) is 66.9 cm³/mol. The van der Waals surface area contributed by atoms with Gasteiger partial charge in [0.1, 0.15) is 5.75 Å². The average molecular weight is 252 g/mol. The number of nitrogen functional groups attached to an aromatic ring is 1. The van der Waals surface area contributed by atoms with E-state index < -0.39 is 6.03 Å². The van der Waals surface area contributed by atoms with Gasteiger partial charge >= 0.3 is 6.03 Å². The van der Waals surface area contributed by atoms with Crippen molar-refractivity contribution < 1.29 is 14.3 Å². The van der Waals surface area contributed by atoms with Crippen molar-refractivity contribution in [3.8, 4) is 5.75 Å². The number of nitrogens with one attached hydrogen (secondary N) is 2. The molecular formula is C11H16N4O3. The molecule has 98 valence electrons. The summed E-state index contributed by atoms with van der Waals surface area (Å²) in [6.45, 7) is 0.482. The highest BCUT2D eigenvalue weighted by Crippen LogP contribution is 2.12. The predicted octanol–water partition coefficient (Wildman–Crippen LogP) is -0.568. The van der Waals surface area contributed by atoms with Crippen molar-refractivity contribution in [2.75, 3.05) is 25.4 Å². The molecule has 0 atom stereocenters. The van der Waals surface area contributed by atoms with Crippen LogP contribution in [0.15, 0.2) is 24.3 Å². The molecular weight excluding hydrogens is 236 g/mol. The highest BCUT2D eigenvalue weighted by Gasteiger charge is 2.02. The van der Waals surface area contributed by atoms with Crippen LogP contribution in [0, 0.1) is 0 Å². The van der Waals surface area contributed by atoms with E-state index in [1.807, 2.05) is 0 Å². The number of amides is 3. The molecule has 3 amide bonds. The molecule has 0 unspecified atom stereocenters. The molecule has 7 heteroatoms. The average Bonchev–Trinajstić information content (AvgIpc) is 2.34. The van der Waals surface area contributed by atoms with Crippen molar-refractivity contribution in [1.82, 2.24) is 10.6 Å². The normalized spacial score (nSPS) is 9.56. The Kier molecular flexibility index (Phi) is 5.30. The van der Waals surface area contributed by atoms with Crippen LogP contribution in [0.2, 0.25) is 0 Å². The van der Waals surface area contributed by atoms with E-state index in [9.17, 15) is 9.59 Å². The Labute approximate surface area is 104 Å². The van der Waals surface area contributed by atoms with Gasteiger partial charge in [0, 0.05) is 18.8 Å². The first kappa shape index (κ1) is 13.6. The lowest BCUT2D eigenvalue weighted by Gasteiger charge is -2.07. The Morgan fingerprint density at radius 2 is 1.72 bits per heavy atom. The molecule has 7 nitrogen and oxygen atoms in total. The number of carbonyl (C=O) groups excluding carboxylic acids is 2. The summed E-state index contributed by atoms with van der Waals surface area (Å²) < 4.78 is 5.22. The fourth-order valence-electron chi connectivity index (χ4n) is 1.15. The first-order valence-corrected chi connectivity index (χ1v) is 5.36. The number of ether oxygens (including phenoxy) is 1. The van der Waals surface area contributed by atoms with Crippen molar-refractivity contribution in [1.29, 1.82) is 0 Å². The van der Waals surface area contributed by atoms with Crippen LogP contribution in [0.4, 0.5) is 10.5 Å². The van der Waals surface area contributed by atoms with E-state index >= 15 is 0 Å². The number of carbonyl (C=O) groups is 2. The van der Waals surface area contributed by atoms with Crippen molar-refractivity contribution >= 4 is 17.6 Å². The molecule has 0 bridgehead atoms. The first-order chi connectivity index (χ1) is 8.58. The van der Waals surface area contributed by atoms with Gasteiger partial charge in [-0.3, -0.25) is 4.79 Å². The molecule has 0 spiro atoms. The molecule has 1 rings (SSSR count). The summed E-state index contributed by atoms with van der Waals surface area (Å²) in [5.74, 6) is 0.285. The summed E-state index contributed by atoms with van der Waals surface area (Å²) >= 11 is 0. The second-order valence-electron chi connectivity index (χ2n) is 3.50. The maximum absolute atomic E-state index is 11.3. The van der Waals surface area contributed by atoms with Gasteiger partial charge in [0.05, 0.1) is 0 Å². The Balaban J connectivity index is 2.17. The molecule has 1 aromatic rings. The topological polar surface area (TPSA) is 119 Å². The third-order valence-corrected chi connectivity index (χ3v) is 2.00. The largest absolute Gasteiger partial charge is 0.484 e. The molecule has 0 aliphatic carbocycles. The van der Waals surface area contributed by atoms with Crippen LogP contribution in [0.3, 0.4) is 0 Å². The maximum Gasteiger partial charge on any atom is 0.312 e. The van der Waals surface area contributed by atoms with Gasteiger partial charge in [0.2, 0.25) is 0 Å². The van der Waals surface area contributed by atoms with Crippen molar-refractivity contribution in [3.63, 3.8) is 0 Å². The van der Waals surface area contributed by atoms with Crippen molar-refractivity contribution in [2.45, 2.75) is 0 Å². The van der Waals surface area contributed by atoms with E-state index in [1.165, 1.54) is 0 Å². The Morgan fingerprint density at radius 3 is 2.33 bits per heavy atom. The molecule has 1 aromatic carbocycles. The monoisotopic (exact) mass is 252 g/mol. The van der Waals surface area contributed by atoms with Gasteiger partial charge in [-0.1, -0.05) is 0 Å². The number of hydrogen-bond acceptors (Lipinski definition) is 4. The molecule has 0 saturated heterocycles. The van der Waals surface area contributed by atoms with E-state index in [1.54, 1.807) is 24.3 Å². The molecule has 0 aliphatic rings. The lowest BCUT2D eigenvalue weighted by molar-refractivity contribution is -0.123. The summed E-state index contributed by atoms with van der Waals surface area (Å²) in [4.78, 5) is 21.7. The van der Waals surface area contributed by atoms with Gasteiger partial charge in [-0.15, -0.1) is 0 Å². The molecule has 0 heterocycles. The molecule has 0 saturated carbocycles. The smallest absolute Gasteiger partial charge is 0.312 e. The highest BCUT2D eigenvalue weighted by molar-refractivity contribution is 5.77. The van der Waals surface area contributed by atoms with Gasteiger partial charge in [-0.2, -0.15) is 0 Å². The standard InChI is InChI=1S/C11H16N4O3/c12-8-1-3-9(4-2-8)18-7-10(16)14-5-6-15-11(13)17/h1-4H,5-7,12H2,(H,14,16)(H3,13,15,17). The van der Waals surface area contributed by atoms with Gasteiger partial charge < -0.3 is 26.8 Å². The number of primary amides is 1. The molecule has 0 aliphatic heterocycles. The number of urea groups is 1. The van der Waals surface area contributed by atoms with Crippen LogP contribution in [0.25, 0.3) is 0 Å². The maximum atomic E-state index is 11.3. The summed E-state index contributed by atoms with van der Waals surface area (Å²) in [5.41, 5.74) is 11.0. The van der Waals surface area contributed by atoms with Crippen LogP contribution in [-0.2, 0) is 4.79 Å². The zero-order chi connectivity index (χ0) is 13.4. The number of hydrogen-bond donors (Lipinski definition) is 4. The summed E-state index contributed by atoms with van der Waals surface area (Å²) in [6.07, 6.45) is 0. The van der Waals surface area contributed by atoms with E-state index in [0.29, 0.717) is 18.0 Å². The number of anilines is 1. The van der Waals surface area contributed by atoms with E-state index in [-0.39, 0.29) is 19.1 Å².